The number of halogens is 1. The lowest BCUT2D eigenvalue weighted by Gasteiger charge is -1.97. The molecule has 2 aromatic heterocycles. The van der Waals surface area contributed by atoms with Gasteiger partial charge in [-0.15, -0.1) is 11.3 Å². The Balaban J connectivity index is 2.09. The molecule has 2 heterocycles. The lowest BCUT2D eigenvalue weighted by atomic mass is 10.2. The number of hydrogen-bond acceptors (Lipinski definition) is 4. The van der Waals surface area contributed by atoms with E-state index in [1.807, 2.05) is 12.1 Å². The van der Waals surface area contributed by atoms with Gasteiger partial charge in [0.15, 0.2) is 5.78 Å². The van der Waals surface area contributed by atoms with Gasteiger partial charge in [0.05, 0.1) is 16.8 Å². The SMILES string of the molecule is O=C(Cc1ccc(Br)cn1)c1cncs1. The molecular weight excluding hydrogens is 276 g/mol. The van der Waals surface area contributed by atoms with Crippen LogP contribution in [0.5, 0.6) is 0 Å². The summed E-state index contributed by atoms with van der Waals surface area (Å²) in [5, 5.41) is 0. The van der Waals surface area contributed by atoms with E-state index in [4.69, 9.17) is 0 Å². The van der Waals surface area contributed by atoms with Gasteiger partial charge in [-0.25, -0.2) is 0 Å². The third-order valence-electron chi connectivity index (χ3n) is 1.84. The number of aromatic nitrogens is 2. The highest BCUT2D eigenvalue weighted by atomic mass is 79.9. The zero-order valence-corrected chi connectivity index (χ0v) is 10.1. The van der Waals surface area contributed by atoms with Crippen LogP contribution in [0.4, 0.5) is 0 Å². The third kappa shape index (κ3) is 2.70. The van der Waals surface area contributed by atoms with Crippen LogP contribution in [-0.2, 0) is 6.42 Å². The van der Waals surface area contributed by atoms with E-state index < -0.39 is 0 Å². The Morgan fingerprint density at radius 2 is 2.27 bits per heavy atom. The number of thiazole rings is 1. The number of nitrogens with zero attached hydrogens (tertiary/aromatic N) is 2. The number of hydrogen-bond donors (Lipinski definition) is 0. The molecule has 0 unspecified atom stereocenters. The van der Waals surface area contributed by atoms with Gasteiger partial charge in [0, 0.05) is 22.6 Å². The van der Waals surface area contributed by atoms with Crippen molar-refractivity contribution in [3.05, 3.63) is 45.1 Å². The lowest BCUT2D eigenvalue weighted by molar-refractivity contribution is 0.0995. The molecule has 0 saturated carbocycles. The molecule has 0 N–H and O–H groups in total. The second-order valence-corrected chi connectivity index (χ2v) is 4.74. The molecule has 0 atom stereocenters. The topological polar surface area (TPSA) is 42.9 Å². The standard InChI is InChI=1S/C10H7BrN2OS/c11-7-1-2-8(13-4-7)3-9(14)10-5-12-6-15-10/h1-2,4-6H,3H2. The zero-order valence-electron chi connectivity index (χ0n) is 7.68. The molecule has 5 heteroatoms. The minimum atomic E-state index is 0.0623. The van der Waals surface area contributed by atoms with Crippen molar-refractivity contribution in [2.75, 3.05) is 0 Å². The number of rotatable bonds is 3. The van der Waals surface area contributed by atoms with E-state index in [-0.39, 0.29) is 5.78 Å². The smallest absolute Gasteiger partial charge is 0.180 e. The number of carbonyl (C=O) groups is 1. The first kappa shape index (κ1) is 10.4. The summed E-state index contributed by atoms with van der Waals surface area (Å²) in [4.78, 5) is 20.4. The van der Waals surface area contributed by atoms with Crippen molar-refractivity contribution in [2.24, 2.45) is 0 Å². The molecule has 0 bridgehead atoms. The molecule has 2 aromatic rings. The average Bonchev–Trinajstić information content (AvgIpc) is 2.74. The first-order valence-corrected chi connectivity index (χ1v) is 5.95. The van der Waals surface area contributed by atoms with Crippen molar-refractivity contribution in [2.45, 2.75) is 6.42 Å². The predicted octanol–water partition coefficient (Wildman–Crippen LogP) is 2.73. The number of pyridine rings is 1. The van der Waals surface area contributed by atoms with Gasteiger partial charge in [0.1, 0.15) is 0 Å². The van der Waals surface area contributed by atoms with Crippen LogP contribution in [-0.4, -0.2) is 15.8 Å². The Bertz CT molecular complexity index is 453. The van der Waals surface area contributed by atoms with Crippen LogP contribution in [0.25, 0.3) is 0 Å². The first-order chi connectivity index (χ1) is 7.25. The van der Waals surface area contributed by atoms with E-state index in [2.05, 4.69) is 25.9 Å². The van der Waals surface area contributed by atoms with Crippen LogP contribution in [0.3, 0.4) is 0 Å². The molecule has 76 valence electrons. The summed E-state index contributed by atoms with van der Waals surface area (Å²) in [7, 11) is 0. The summed E-state index contributed by atoms with van der Waals surface area (Å²) in [6.45, 7) is 0. The maximum atomic E-state index is 11.7. The van der Waals surface area contributed by atoms with Gasteiger partial charge < -0.3 is 0 Å². The molecule has 0 saturated heterocycles. The largest absolute Gasteiger partial charge is 0.293 e. The van der Waals surface area contributed by atoms with Gasteiger partial charge in [0.2, 0.25) is 0 Å². The average molecular weight is 283 g/mol. The van der Waals surface area contributed by atoms with Crippen molar-refractivity contribution in [3.63, 3.8) is 0 Å². The Kier molecular flexibility index (Phi) is 3.23. The fraction of sp³-hybridized carbons (Fsp3) is 0.100. The zero-order chi connectivity index (χ0) is 10.7. The summed E-state index contributed by atoms with van der Waals surface area (Å²) in [5.41, 5.74) is 2.43. The molecule has 0 radical (unpaired) electrons. The molecule has 3 nitrogen and oxygen atoms in total. The second-order valence-electron chi connectivity index (χ2n) is 2.93. The molecule has 0 aliphatic heterocycles. The van der Waals surface area contributed by atoms with Crippen LogP contribution in [0.1, 0.15) is 15.4 Å². The van der Waals surface area contributed by atoms with Crippen molar-refractivity contribution in [1.82, 2.24) is 9.97 Å². The monoisotopic (exact) mass is 282 g/mol. The van der Waals surface area contributed by atoms with E-state index in [9.17, 15) is 4.79 Å². The van der Waals surface area contributed by atoms with E-state index in [1.165, 1.54) is 11.3 Å². The fourth-order valence-corrected chi connectivity index (χ4v) is 1.91. The summed E-state index contributed by atoms with van der Waals surface area (Å²) in [6, 6.07) is 3.71. The minimum absolute atomic E-state index is 0.0623. The Labute approximate surface area is 99.3 Å². The highest BCUT2D eigenvalue weighted by Gasteiger charge is 2.08. The van der Waals surface area contributed by atoms with E-state index in [1.54, 1.807) is 17.9 Å². The minimum Gasteiger partial charge on any atom is -0.293 e. The molecular formula is C10H7BrN2OS. The van der Waals surface area contributed by atoms with E-state index in [0.717, 1.165) is 10.2 Å². The molecule has 0 fully saturated rings. The molecule has 0 aliphatic carbocycles. The molecule has 2 rings (SSSR count). The van der Waals surface area contributed by atoms with Gasteiger partial charge in [-0.2, -0.15) is 0 Å². The predicted molar refractivity (Wildman–Crippen MR) is 62.1 cm³/mol. The van der Waals surface area contributed by atoms with Gasteiger partial charge in [0.25, 0.3) is 0 Å². The first-order valence-electron chi connectivity index (χ1n) is 4.28. The van der Waals surface area contributed by atoms with E-state index in [0.29, 0.717) is 11.3 Å². The van der Waals surface area contributed by atoms with Gasteiger partial charge in [-0.3, -0.25) is 14.8 Å². The normalized spacial score (nSPS) is 10.2. The van der Waals surface area contributed by atoms with Crippen LogP contribution in [0.15, 0.2) is 34.5 Å². The maximum Gasteiger partial charge on any atom is 0.180 e. The molecule has 0 aliphatic rings. The number of carbonyl (C=O) groups excluding carboxylic acids is 1. The molecule has 15 heavy (non-hydrogen) atoms. The van der Waals surface area contributed by atoms with Crippen LogP contribution < -0.4 is 0 Å². The quantitative estimate of drug-likeness (QED) is 0.813. The molecule has 0 amide bonds. The Hall–Kier alpha value is -1.07. The van der Waals surface area contributed by atoms with E-state index >= 15 is 0 Å². The van der Waals surface area contributed by atoms with Gasteiger partial charge >= 0.3 is 0 Å². The van der Waals surface area contributed by atoms with Gasteiger partial charge in [-0.05, 0) is 28.1 Å². The molecule has 0 aromatic carbocycles. The van der Waals surface area contributed by atoms with Crippen molar-refractivity contribution in [1.29, 1.82) is 0 Å². The summed E-state index contributed by atoms with van der Waals surface area (Å²) >= 11 is 4.65. The Morgan fingerprint density at radius 1 is 1.40 bits per heavy atom. The van der Waals surface area contributed by atoms with Crippen molar-refractivity contribution in [3.8, 4) is 0 Å². The van der Waals surface area contributed by atoms with Crippen LogP contribution in [0.2, 0.25) is 0 Å². The summed E-state index contributed by atoms with van der Waals surface area (Å²) < 4.78 is 0.913. The highest BCUT2D eigenvalue weighted by Crippen LogP contribution is 2.12. The van der Waals surface area contributed by atoms with Crippen LogP contribution >= 0.6 is 27.3 Å². The number of Topliss-reactive ketones (excluding diaryl/α,β-unsaturated/α-hetero) is 1. The van der Waals surface area contributed by atoms with Crippen molar-refractivity contribution >= 4 is 33.0 Å². The highest BCUT2D eigenvalue weighted by molar-refractivity contribution is 9.10. The van der Waals surface area contributed by atoms with Crippen molar-refractivity contribution < 1.29 is 4.79 Å². The third-order valence-corrected chi connectivity index (χ3v) is 3.12. The number of ketones is 1. The second kappa shape index (κ2) is 4.63. The Morgan fingerprint density at radius 3 is 2.87 bits per heavy atom. The van der Waals surface area contributed by atoms with Gasteiger partial charge in [-0.1, -0.05) is 0 Å². The maximum absolute atomic E-state index is 11.7. The fourth-order valence-electron chi connectivity index (χ4n) is 1.12. The molecule has 0 spiro atoms. The lowest BCUT2D eigenvalue weighted by Crippen LogP contribution is -2.02. The van der Waals surface area contributed by atoms with Crippen LogP contribution in [0, 0.1) is 0 Å². The summed E-state index contributed by atoms with van der Waals surface area (Å²) in [6.07, 6.45) is 3.61. The summed E-state index contributed by atoms with van der Waals surface area (Å²) in [5.74, 6) is 0.0623.